The van der Waals surface area contributed by atoms with Gasteiger partial charge in [-0.05, 0) is 19.4 Å². The van der Waals surface area contributed by atoms with E-state index in [-0.39, 0.29) is 11.4 Å². The molecule has 2 aromatic rings. The number of β-lactam (4-membered cyclic amide) rings is 1. The number of aliphatic carboxylic acids is 1. The van der Waals surface area contributed by atoms with E-state index in [9.17, 15) is 29.6 Å². The van der Waals surface area contributed by atoms with Crippen LogP contribution in [-0.2, 0) is 14.4 Å². The number of nitro groups is 1. The topological polar surface area (TPSA) is 173 Å². The van der Waals surface area contributed by atoms with Gasteiger partial charge in [0.15, 0.2) is 4.34 Å². The van der Waals surface area contributed by atoms with Crippen molar-refractivity contribution in [3.63, 3.8) is 0 Å². The Morgan fingerprint density at radius 3 is 2.82 bits per heavy atom. The molecule has 2 aliphatic rings. The highest BCUT2D eigenvalue weighted by molar-refractivity contribution is 8.01. The molecule has 2 N–H and O–H groups in total. The molecule has 0 bridgehead atoms. The summed E-state index contributed by atoms with van der Waals surface area (Å²) in [7, 11) is 0. The van der Waals surface area contributed by atoms with Gasteiger partial charge in [-0.1, -0.05) is 23.1 Å². The van der Waals surface area contributed by atoms with E-state index in [2.05, 4.69) is 20.6 Å². The molecule has 0 spiro atoms. The number of amides is 2. The van der Waals surface area contributed by atoms with Crippen LogP contribution in [0.25, 0.3) is 0 Å². The Kier molecular flexibility index (Phi) is 6.40. The third-order valence-corrected chi connectivity index (χ3v) is 8.40. The SMILES string of the molecule is Cc1nnc(SCC2=C(C(=O)O)N3C(=O)[C@@H](NC(=O)[C@@H](C)n4cc([N+](=O)[O-])cn4)[C@H]3SC2)s1. The average Bonchev–Trinajstić information content (AvgIpc) is 3.43. The molecule has 2 aliphatic heterocycles. The number of carboxylic acids is 1. The van der Waals surface area contributed by atoms with Crippen LogP contribution in [0.3, 0.4) is 0 Å². The Hall–Kier alpha value is -2.98. The predicted octanol–water partition coefficient (Wildman–Crippen LogP) is 1.04. The van der Waals surface area contributed by atoms with Crippen molar-refractivity contribution in [2.24, 2.45) is 0 Å². The van der Waals surface area contributed by atoms with E-state index < -0.39 is 40.2 Å². The fourth-order valence-electron chi connectivity index (χ4n) is 3.31. The second kappa shape index (κ2) is 9.11. The molecule has 4 heterocycles. The van der Waals surface area contributed by atoms with Gasteiger partial charge in [0, 0.05) is 11.5 Å². The van der Waals surface area contributed by atoms with Crippen LogP contribution < -0.4 is 5.32 Å². The molecule has 33 heavy (non-hydrogen) atoms. The van der Waals surface area contributed by atoms with Crippen LogP contribution in [0.5, 0.6) is 0 Å². The molecule has 1 fully saturated rings. The highest BCUT2D eigenvalue weighted by Gasteiger charge is 2.54. The molecule has 3 atom stereocenters. The monoisotopic (exact) mass is 511 g/mol. The summed E-state index contributed by atoms with van der Waals surface area (Å²) in [5.41, 5.74) is 0.268. The minimum Gasteiger partial charge on any atom is -0.477 e. The third kappa shape index (κ3) is 4.45. The van der Waals surface area contributed by atoms with E-state index in [0.29, 0.717) is 21.4 Å². The summed E-state index contributed by atoms with van der Waals surface area (Å²) in [5.74, 6) is -1.55. The number of nitrogens with one attached hydrogen (secondary N) is 1. The molecular formula is C17H17N7O6S3. The first-order valence-electron chi connectivity index (χ1n) is 9.49. The molecule has 0 aliphatic carbocycles. The lowest BCUT2D eigenvalue weighted by molar-refractivity contribution is -0.385. The first-order valence-corrected chi connectivity index (χ1v) is 12.3. The number of nitrogens with zero attached hydrogens (tertiary/aromatic N) is 6. The number of aromatic nitrogens is 4. The summed E-state index contributed by atoms with van der Waals surface area (Å²) >= 11 is 4.13. The van der Waals surface area contributed by atoms with E-state index in [1.54, 1.807) is 0 Å². The molecule has 1 saturated heterocycles. The van der Waals surface area contributed by atoms with Gasteiger partial charge < -0.3 is 10.4 Å². The molecule has 0 radical (unpaired) electrons. The maximum absolute atomic E-state index is 12.8. The summed E-state index contributed by atoms with van der Waals surface area (Å²) in [5, 5.41) is 35.2. The number of carbonyl (C=O) groups is 3. The zero-order valence-corrected chi connectivity index (χ0v) is 19.6. The first-order chi connectivity index (χ1) is 15.7. The second-order valence-corrected chi connectivity index (χ2v) is 10.6. The van der Waals surface area contributed by atoms with E-state index in [0.717, 1.165) is 22.1 Å². The van der Waals surface area contributed by atoms with Gasteiger partial charge in [-0.25, -0.2) is 4.79 Å². The van der Waals surface area contributed by atoms with Crippen molar-refractivity contribution in [2.45, 2.75) is 35.6 Å². The van der Waals surface area contributed by atoms with Gasteiger partial charge in [0.25, 0.3) is 5.91 Å². The molecule has 2 aromatic heterocycles. The molecule has 174 valence electrons. The Labute approximate surface area is 198 Å². The van der Waals surface area contributed by atoms with E-state index in [1.807, 2.05) is 6.92 Å². The zero-order valence-electron chi connectivity index (χ0n) is 17.2. The van der Waals surface area contributed by atoms with Gasteiger partial charge >= 0.3 is 11.7 Å². The summed E-state index contributed by atoms with van der Waals surface area (Å²) < 4.78 is 1.85. The van der Waals surface area contributed by atoms with Crippen molar-refractivity contribution in [3.05, 3.63) is 38.8 Å². The Balaban J connectivity index is 1.44. The van der Waals surface area contributed by atoms with Crippen LogP contribution in [0.15, 0.2) is 28.0 Å². The van der Waals surface area contributed by atoms with E-state index in [4.69, 9.17) is 0 Å². The molecule has 0 saturated carbocycles. The Bertz CT molecular complexity index is 1180. The van der Waals surface area contributed by atoms with Crippen LogP contribution in [-0.4, -0.2) is 75.6 Å². The molecule has 2 amide bonds. The number of carbonyl (C=O) groups excluding carboxylic acids is 2. The lowest BCUT2D eigenvalue weighted by Crippen LogP contribution is -2.71. The van der Waals surface area contributed by atoms with Gasteiger partial charge in [-0.3, -0.25) is 29.3 Å². The average molecular weight is 512 g/mol. The van der Waals surface area contributed by atoms with E-state index in [1.165, 1.54) is 46.7 Å². The molecule has 16 heteroatoms. The van der Waals surface area contributed by atoms with Crippen LogP contribution in [0, 0.1) is 17.0 Å². The van der Waals surface area contributed by atoms with Crippen LogP contribution >= 0.6 is 34.9 Å². The van der Waals surface area contributed by atoms with Crippen molar-refractivity contribution in [3.8, 4) is 0 Å². The highest BCUT2D eigenvalue weighted by atomic mass is 32.2. The van der Waals surface area contributed by atoms with Crippen molar-refractivity contribution in [1.29, 1.82) is 0 Å². The number of carboxylic acid groups (broad SMARTS) is 1. The summed E-state index contributed by atoms with van der Waals surface area (Å²) in [4.78, 5) is 48.7. The van der Waals surface area contributed by atoms with Gasteiger partial charge in [0.2, 0.25) is 5.91 Å². The third-order valence-electron chi connectivity index (χ3n) is 5.00. The highest BCUT2D eigenvalue weighted by Crippen LogP contribution is 2.41. The molecule has 4 rings (SSSR count). The Morgan fingerprint density at radius 1 is 1.45 bits per heavy atom. The summed E-state index contributed by atoms with van der Waals surface area (Å²) in [6.07, 6.45) is 2.16. The number of rotatable bonds is 8. The number of hydrogen-bond acceptors (Lipinski definition) is 11. The maximum atomic E-state index is 12.8. The van der Waals surface area contributed by atoms with Gasteiger partial charge in [-0.2, -0.15) is 5.10 Å². The fourth-order valence-corrected chi connectivity index (χ4v) is 6.61. The lowest BCUT2D eigenvalue weighted by atomic mass is 10.0. The standard InChI is InChI=1S/C17H17N7O6S3/c1-7(22-4-10(3-18-22)24(29)30)13(25)19-11-14(26)23-12(16(27)28)9(5-31-15(11)23)6-32-17-21-20-8(2)33-17/h3-4,7,11,15H,5-6H2,1-2H3,(H,19,25)(H,27,28)/t7-,11-,15-/m1/s1. The quantitative estimate of drug-likeness (QED) is 0.224. The first kappa shape index (κ1) is 23.2. The second-order valence-electron chi connectivity index (χ2n) is 7.14. The molecule has 0 unspecified atom stereocenters. The minimum atomic E-state index is -1.21. The van der Waals surface area contributed by atoms with Crippen LogP contribution in [0.1, 0.15) is 18.0 Å². The van der Waals surface area contributed by atoms with Crippen LogP contribution in [0.2, 0.25) is 0 Å². The smallest absolute Gasteiger partial charge is 0.352 e. The Morgan fingerprint density at radius 2 is 2.21 bits per heavy atom. The van der Waals surface area contributed by atoms with E-state index >= 15 is 0 Å². The minimum absolute atomic E-state index is 0.0706. The number of aryl methyl sites for hydroxylation is 1. The molecule has 13 nitrogen and oxygen atoms in total. The zero-order chi connectivity index (χ0) is 23.9. The van der Waals surface area contributed by atoms with Crippen LogP contribution in [0.4, 0.5) is 5.69 Å². The predicted molar refractivity (Wildman–Crippen MR) is 119 cm³/mol. The maximum Gasteiger partial charge on any atom is 0.352 e. The van der Waals surface area contributed by atoms with Gasteiger partial charge in [0.1, 0.15) is 40.6 Å². The van der Waals surface area contributed by atoms with Crippen molar-refractivity contribution in [2.75, 3.05) is 11.5 Å². The number of thioether (sulfide) groups is 2. The fraction of sp³-hybridized carbons (Fsp3) is 0.412. The number of hydrogen-bond donors (Lipinski definition) is 2. The van der Waals surface area contributed by atoms with Crippen molar-refractivity contribution in [1.82, 2.24) is 30.2 Å². The van der Waals surface area contributed by atoms with Gasteiger partial charge in [0.05, 0.1) is 4.92 Å². The molecular weight excluding hydrogens is 494 g/mol. The summed E-state index contributed by atoms with van der Waals surface area (Å²) in [6.45, 7) is 3.32. The number of fused-ring (bicyclic) bond motifs is 1. The lowest BCUT2D eigenvalue weighted by Gasteiger charge is -2.49. The summed E-state index contributed by atoms with van der Waals surface area (Å²) in [6, 6.07) is -1.80. The van der Waals surface area contributed by atoms with Crippen molar-refractivity contribution < 1.29 is 24.4 Å². The van der Waals surface area contributed by atoms with Gasteiger partial charge in [-0.15, -0.1) is 22.0 Å². The normalized spacial score (nSPS) is 20.8. The van der Waals surface area contributed by atoms with Crippen molar-refractivity contribution >= 4 is 58.3 Å². The largest absolute Gasteiger partial charge is 0.477 e. The molecule has 0 aromatic carbocycles.